The number of hydrogen-bond donors (Lipinski definition) is 1. The fraction of sp³-hybridized carbons (Fsp3) is 0.100. The molecule has 2 N–H and O–H groups in total. The van der Waals surface area contributed by atoms with E-state index in [0.717, 1.165) is 16.9 Å². The summed E-state index contributed by atoms with van der Waals surface area (Å²) in [5.41, 5.74) is 8.32. The lowest BCUT2D eigenvalue weighted by molar-refractivity contribution is 0.846. The highest BCUT2D eigenvalue weighted by molar-refractivity contribution is 5.51. The molecule has 0 aliphatic carbocycles. The lowest BCUT2D eigenvalue weighted by Gasteiger charge is -2.05. The van der Waals surface area contributed by atoms with Gasteiger partial charge in [0.25, 0.3) is 0 Å². The van der Waals surface area contributed by atoms with Crippen LogP contribution in [-0.4, -0.2) is 24.4 Å². The number of nitrogens with two attached hydrogens (primary N) is 1. The molecule has 80 valence electrons. The molecule has 16 heavy (non-hydrogen) atoms. The first-order valence-electron chi connectivity index (χ1n) is 4.86. The highest BCUT2D eigenvalue weighted by Gasteiger charge is 2.06. The number of aromatic nitrogens is 5. The Morgan fingerprint density at radius 1 is 1.38 bits per heavy atom. The standard InChI is InChI=1S/C10H10N6/c1-7-5-9-13-10(11)14-16(9)6-8(7)15-4-2-3-12-15/h2-6H,1H3,(H2,11,14). The van der Waals surface area contributed by atoms with Crippen molar-refractivity contribution in [1.29, 1.82) is 0 Å². The van der Waals surface area contributed by atoms with Gasteiger partial charge in [-0.1, -0.05) is 0 Å². The summed E-state index contributed by atoms with van der Waals surface area (Å²) in [5, 5.41) is 8.25. The molecule has 0 amide bonds. The van der Waals surface area contributed by atoms with Gasteiger partial charge in [0, 0.05) is 12.4 Å². The van der Waals surface area contributed by atoms with Gasteiger partial charge in [0.2, 0.25) is 5.95 Å². The van der Waals surface area contributed by atoms with Gasteiger partial charge in [-0.15, -0.1) is 5.10 Å². The van der Waals surface area contributed by atoms with Gasteiger partial charge in [0.15, 0.2) is 5.65 Å². The SMILES string of the molecule is Cc1cc2nc(N)nn2cc1-n1cccn1. The summed E-state index contributed by atoms with van der Waals surface area (Å²) < 4.78 is 3.44. The number of fused-ring (bicyclic) bond motifs is 1. The zero-order chi connectivity index (χ0) is 11.1. The van der Waals surface area contributed by atoms with Crippen LogP contribution >= 0.6 is 0 Å². The van der Waals surface area contributed by atoms with E-state index in [1.54, 1.807) is 15.4 Å². The van der Waals surface area contributed by atoms with Gasteiger partial charge >= 0.3 is 0 Å². The molecule has 0 unspecified atom stereocenters. The number of hydrogen-bond acceptors (Lipinski definition) is 4. The molecule has 0 radical (unpaired) electrons. The molecule has 0 fully saturated rings. The lowest BCUT2D eigenvalue weighted by Crippen LogP contribution is -2.01. The summed E-state index contributed by atoms with van der Waals surface area (Å²) in [4.78, 5) is 4.10. The highest BCUT2D eigenvalue weighted by atomic mass is 15.3. The fourth-order valence-electron chi connectivity index (χ4n) is 1.68. The number of nitrogens with zero attached hydrogens (tertiary/aromatic N) is 5. The van der Waals surface area contributed by atoms with Crippen molar-refractivity contribution in [1.82, 2.24) is 24.4 Å². The summed E-state index contributed by atoms with van der Waals surface area (Å²) in [6.45, 7) is 2.00. The van der Waals surface area contributed by atoms with Gasteiger partial charge in [-0.3, -0.25) is 0 Å². The van der Waals surface area contributed by atoms with Crippen molar-refractivity contribution in [2.24, 2.45) is 0 Å². The molecule has 3 heterocycles. The molecule has 0 aliphatic heterocycles. The molecule has 0 aromatic carbocycles. The number of nitrogen functional groups attached to an aromatic ring is 1. The minimum absolute atomic E-state index is 0.275. The molecule has 6 heteroatoms. The van der Waals surface area contributed by atoms with Crippen LogP contribution in [0.2, 0.25) is 0 Å². The molecule has 0 saturated heterocycles. The Morgan fingerprint density at radius 3 is 3.00 bits per heavy atom. The van der Waals surface area contributed by atoms with Crippen LogP contribution in [0.4, 0.5) is 5.95 Å². The van der Waals surface area contributed by atoms with Gasteiger partial charge in [0.1, 0.15) is 0 Å². The normalized spacial score (nSPS) is 11.1. The predicted molar refractivity (Wildman–Crippen MR) is 59.3 cm³/mol. The Kier molecular flexibility index (Phi) is 1.70. The topological polar surface area (TPSA) is 74.0 Å². The van der Waals surface area contributed by atoms with Gasteiger partial charge in [-0.05, 0) is 24.6 Å². The summed E-state index contributed by atoms with van der Waals surface area (Å²) in [5.74, 6) is 0.275. The van der Waals surface area contributed by atoms with E-state index < -0.39 is 0 Å². The maximum atomic E-state index is 5.54. The van der Waals surface area contributed by atoms with Crippen molar-refractivity contribution >= 4 is 11.6 Å². The van der Waals surface area contributed by atoms with Gasteiger partial charge in [0.05, 0.1) is 11.9 Å². The molecule has 0 saturated carbocycles. The first-order valence-corrected chi connectivity index (χ1v) is 4.86. The maximum absolute atomic E-state index is 5.54. The molecule has 0 spiro atoms. The van der Waals surface area contributed by atoms with E-state index in [1.165, 1.54) is 0 Å². The van der Waals surface area contributed by atoms with Crippen LogP contribution in [0.15, 0.2) is 30.7 Å². The highest BCUT2D eigenvalue weighted by Crippen LogP contribution is 2.15. The second-order valence-electron chi connectivity index (χ2n) is 3.57. The summed E-state index contributed by atoms with van der Waals surface area (Å²) in [7, 11) is 0. The average molecular weight is 214 g/mol. The van der Waals surface area contributed by atoms with Crippen LogP contribution in [0.5, 0.6) is 0 Å². The Morgan fingerprint density at radius 2 is 2.25 bits per heavy atom. The second kappa shape index (κ2) is 3.06. The van der Waals surface area contributed by atoms with Crippen molar-refractivity contribution in [2.75, 3.05) is 5.73 Å². The molecule has 3 aromatic rings. The maximum Gasteiger partial charge on any atom is 0.240 e. The Balaban J connectivity index is 2.29. The van der Waals surface area contributed by atoms with E-state index in [2.05, 4.69) is 15.2 Å². The fourth-order valence-corrected chi connectivity index (χ4v) is 1.68. The van der Waals surface area contributed by atoms with E-state index in [0.29, 0.717) is 0 Å². The molecule has 3 rings (SSSR count). The van der Waals surface area contributed by atoms with Gasteiger partial charge in [-0.2, -0.15) is 10.1 Å². The molecular formula is C10H10N6. The van der Waals surface area contributed by atoms with Crippen LogP contribution in [0.3, 0.4) is 0 Å². The second-order valence-corrected chi connectivity index (χ2v) is 3.57. The van der Waals surface area contributed by atoms with Crippen LogP contribution < -0.4 is 5.73 Å². The molecule has 0 atom stereocenters. The van der Waals surface area contributed by atoms with E-state index in [4.69, 9.17) is 5.73 Å². The number of anilines is 1. The van der Waals surface area contributed by atoms with E-state index >= 15 is 0 Å². The third-order valence-corrected chi connectivity index (χ3v) is 2.42. The zero-order valence-corrected chi connectivity index (χ0v) is 8.70. The van der Waals surface area contributed by atoms with E-state index in [-0.39, 0.29) is 5.95 Å². The predicted octanol–water partition coefficient (Wildman–Crippen LogP) is 0.806. The molecule has 3 aromatic heterocycles. The van der Waals surface area contributed by atoms with E-state index in [1.807, 2.05) is 31.5 Å². The molecule has 6 nitrogen and oxygen atoms in total. The summed E-state index contributed by atoms with van der Waals surface area (Å²) in [6, 6.07) is 3.81. The summed E-state index contributed by atoms with van der Waals surface area (Å²) in [6.07, 6.45) is 5.48. The minimum atomic E-state index is 0.275. The van der Waals surface area contributed by atoms with Gasteiger partial charge < -0.3 is 5.73 Å². The van der Waals surface area contributed by atoms with Crippen molar-refractivity contribution in [3.8, 4) is 5.69 Å². The minimum Gasteiger partial charge on any atom is -0.366 e. The van der Waals surface area contributed by atoms with Crippen LogP contribution in [0.25, 0.3) is 11.3 Å². The smallest absolute Gasteiger partial charge is 0.240 e. The monoisotopic (exact) mass is 214 g/mol. The first-order chi connectivity index (χ1) is 7.74. The largest absolute Gasteiger partial charge is 0.366 e. The van der Waals surface area contributed by atoms with Crippen LogP contribution in [0.1, 0.15) is 5.56 Å². The Labute approximate surface area is 91.3 Å². The van der Waals surface area contributed by atoms with Crippen LogP contribution in [0, 0.1) is 6.92 Å². The lowest BCUT2D eigenvalue weighted by atomic mass is 10.2. The van der Waals surface area contributed by atoms with Crippen molar-refractivity contribution in [2.45, 2.75) is 6.92 Å². The Bertz CT molecular complexity index is 637. The number of aryl methyl sites for hydroxylation is 1. The zero-order valence-electron chi connectivity index (χ0n) is 8.70. The number of rotatable bonds is 1. The van der Waals surface area contributed by atoms with Crippen molar-refractivity contribution in [3.05, 3.63) is 36.3 Å². The quantitative estimate of drug-likeness (QED) is 0.650. The average Bonchev–Trinajstić information content (AvgIpc) is 2.83. The van der Waals surface area contributed by atoms with E-state index in [9.17, 15) is 0 Å². The van der Waals surface area contributed by atoms with Crippen molar-refractivity contribution < 1.29 is 0 Å². The summed E-state index contributed by atoms with van der Waals surface area (Å²) >= 11 is 0. The molecule has 0 aliphatic rings. The molecule has 0 bridgehead atoms. The van der Waals surface area contributed by atoms with Crippen molar-refractivity contribution in [3.63, 3.8) is 0 Å². The van der Waals surface area contributed by atoms with Gasteiger partial charge in [-0.25, -0.2) is 9.20 Å². The molecular weight excluding hydrogens is 204 g/mol. The third kappa shape index (κ3) is 1.23. The first kappa shape index (κ1) is 8.90. The van der Waals surface area contributed by atoms with Crippen LogP contribution in [-0.2, 0) is 0 Å². The Hall–Kier alpha value is -2.37. The third-order valence-electron chi connectivity index (χ3n) is 2.42. The number of pyridine rings is 1.